The van der Waals surface area contributed by atoms with Gasteiger partial charge in [0.1, 0.15) is 0 Å². The number of furan rings is 1. The Bertz CT molecular complexity index is 1110. The van der Waals surface area contributed by atoms with E-state index in [1.54, 1.807) is 16.4 Å². The van der Waals surface area contributed by atoms with Gasteiger partial charge in [0.05, 0.1) is 11.2 Å². The predicted molar refractivity (Wildman–Crippen MR) is 108 cm³/mol. The Morgan fingerprint density at radius 1 is 1.20 bits per heavy atom. The summed E-state index contributed by atoms with van der Waals surface area (Å²) in [4.78, 5) is 12.6. The SMILES string of the molecule is CCC1CCCCN1S(=O)(=O)c1ccc(C(=O)Nc2nnc(-c3ccco3)o2)cc1. The van der Waals surface area contributed by atoms with E-state index >= 15 is 0 Å². The third-order valence-electron chi connectivity index (χ3n) is 5.14. The maximum absolute atomic E-state index is 13.0. The molecule has 1 unspecified atom stereocenters. The molecule has 0 saturated carbocycles. The highest BCUT2D eigenvalue weighted by atomic mass is 32.2. The minimum atomic E-state index is -3.60. The van der Waals surface area contributed by atoms with Gasteiger partial charge in [-0.15, -0.1) is 5.10 Å². The number of carbonyl (C=O) groups is 1. The first-order valence-electron chi connectivity index (χ1n) is 9.79. The molecule has 2 aromatic heterocycles. The number of amides is 1. The summed E-state index contributed by atoms with van der Waals surface area (Å²) < 4.78 is 38.2. The van der Waals surface area contributed by atoms with Gasteiger partial charge < -0.3 is 8.83 Å². The summed E-state index contributed by atoms with van der Waals surface area (Å²) in [5.41, 5.74) is 0.275. The average Bonchev–Trinajstić information content (AvgIpc) is 3.46. The number of nitrogens with one attached hydrogen (secondary N) is 1. The van der Waals surface area contributed by atoms with Crippen molar-refractivity contribution in [1.82, 2.24) is 14.5 Å². The lowest BCUT2D eigenvalue weighted by atomic mass is 10.0. The third-order valence-corrected chi connectivity index (χ3v) is 7.11. The highest BCUT2D eigenvalue weighted by molar-refractivity contribution is 7.89. The zero-order chi connectivity index (χ0) is 21.1. The van der Waals surface area contributed by atoms with Crippen molar-refractivity contribution in [2.24, 2.45) is 0 Å². The second-order valence-corrected chi connectivity index (χ2v) is 8.93. The monoisotopic (exact) mass is 430 g/mol. The molecule has 1 aliphatic heterocycles. The van der Waals surface area contributed by atoms with Gasteiger partial charge in [-0.3, -0.25) is 10.1 Å². The van der Waals surface area contributed by atoms with Crippen molar-refractivity contribution in [2.75, 3.05) is 11.9 Å². The number of piperidine rings is 1. The second-order valence-electron chi connectivity index (χ2n) is 7.04. The van der Waals surface area contributed by atoms with Gasteiger partial charge in [0.25, 0.3) is 11.8 Å². The maximum atomic E-state index is 13.0. The molecule has 1 atom stereocenters. The molecule has 3 heterocycles. The van der Waals surface area contributed by atoms with E-state index in [1.165, 1.54) is 30.5 Å². The van der Waals surface area contributed by atoms with Gasteiger partial charge >= 0.3 is 6.01 Å². The lowest BCUT2D eigenvalue weighted by molar-refractivity contribution is 0.102. The van der Waals surface area contributed by atoms with Crippen molar-refractivity contribution in [3.05, 3.63) is 48.2 Å². The molecule has 30 heavy (non-hydrogen) atoms. The topological polar surface area (TPSA) is 119 Å². The van der Waals surface area contributed by atoms with Crippen LogP contribution in [0.4, 0.5) is 6.01 Å². The van der Waals surface area contributed by atoms with Crippen LogP contribution < -0.4 is 5.32 Å². The second kappa shape index (κ2) is 8.41. The summed E-state index contributed by atoms with van der Waals surface area (Å²) in [6.45, 7) is 2.53. The summed E-state index contributed by atoms with van der Waals surface area (Å²) in [6, 6.07) is 9.12. The first kappa shape index (κ1) is 20.3. The number of benzene rings is 1. The highest BCUT2D eigenvalue weighted by Crippen LogP contribution is 2.27. The van der Waals surface area contributed by atoms with Gasteiger partial charge in [0.2, 0.25) is 10.0 Å². The van der Waals surface area contributed by atoms with E-state index in [9.17, 15) is 13.2 Å². The van der Waals surface area contributed by atoms with Crippen LogP contribution in [-0.2, 0) is 10.0 Å². The molecule has 0 aliphatic carbocycles. The van der Waals surface area contributed by atoms with Gasteiger partial charge in [-0.05, 0) is 55.7 Å². The van der Waals surface area contributed by atoms with Crippen molar-refractivity contribution >= 4 is 21.9 Å². The first-order valence-corrected chi connectivity index (χ1v) is 11.2. The molecule has 158 valence electrons. The zero-order valence-corrected chi connectivity index (χ0v) is 17.3. The summed E-state index contributed by atoms with van der Waals surface area (Å²) >= 11 is 0. The van der Waals surface area contributed by atoms with E-state index in [0.29, 0.717) is 12.3 Å². The summed E-state index contributed by atoms with van der Waals surface area (Å²) in [5, 5.41) is 10.1. The molecule has 4 rings (SSSR count). The zero-order valence-electron chi connectivity index (χ0n) is 16.4. The van der Waals surface area contributed by atoms with E-state index < -0.39 is 15.9 Å². The Morgan fingerprint density at radius 3 is 2.70 bits per heavy atom. The Hall–Kier alpha value is -2.98. The molecule has 10 heteroatoms. The maximum Gasteiger partial charge on any atom is 0.322 e. The molecule has 3 aromatic rings. The highest BCUT2D eigenvalue weighted by Gasteiger charge is 2.32. The van der Waals surface area contributed by atoms with Crippen LogP contribution in [-0.4, -0.2) is 41.4 Å². The lowest BCUT2D eigenvalue weighted by Crippen LogP contribution is -2.43. The van der Waals surface area contributed by atoms with Crippen molar-refractivity contribution in [1.29, 1.82) is 0 Å². The first-order chi connectivity index (χ1) is 14.5. The number of aromatic nitrogens is 2. The number of nitrogens with zero attached hydrogens (tertiary/aromatic N) is 3. The fourth-order valence-electron chi connectivity index (χ4n) is 3.55. The Labute approximate surface area is 174 Å². The number of carbonyl (C=O) groups excluding carboxylic acids is 1. The van der Waals surface area contributed by atoms with Crippen LogP contribution in [0.5, 0.6) is 0 Å². The third kappa shape index (κ3) is 4.01. The van der Waals surface area contributed by atoms with E-state index in [-0.39, 0.29) is 28.4 Å². The molecule has 0 radical (unpaired) electrons. The van der Waals surface area contributed by atoms with Crippen LogP contribution in [0.3, 0.4) is 0 Å². The van der Waals surface area contributed by atoms with Gasteiger partial charge in [0, 0.05) is 18.2 Å². The molecule has 1 amide bonds. The summed E-state index contributed by atoms with van der Waals surface area (Å²) in [6.07, 6.45) is 5.03. The molecule has 1 fully saturated rings. The van der Waals surface area contributed by atoms with Crippen molar-refractivity contribution < 1.29 is 22.0 Å². The van der Waals surface area contributed by atoms with E-state index in [1.807, 2.05) is 6.92 Å². The van der Waals surface area contributed by atoms with E-state index in [0.717, 1.165) is 25.7 Å². The van der Waals surface area contributed by atoms with Gasteiger partial charge in [-0.1, -0.05) is 18.4 Å². The number of hydrogen-bond acceptors (Lipinski definition) is 7. The minimum absolute atomic E-state index is 0.0209. The van der Waals surface area contributed by atoms with Gasteiger partial charge in [0.15, 0.2) is 5.76 Å². The summed E-state index contributed by atoms with van der Waals surface area (Å²) in [5.74, 6) is 0.0439. The van der Waals surface area contributed by atoms with E-state index in [4.69, 9.17) is 8.83 Å². The molecule has 0 bridgehead atoms. The fourth-order valence-corrected chi connectivity index (χ4v) is 5.32. The molecule has 1 N–H and O–H groups in total. The van der Waals surface area contributed by atoms with Crippen LogP contribution in [0.2, 0.25) is 0 Å². The molecule has 1 saturated heterocycles. The Kier molecular flexibility index (Phi) is 5.69. The molecule has 1 aromatic carbocycles. The Morgan fingerprint density at radius 2 is 2.00 bits per heavy atom. The average molecular weight is 430 g/mol. The largest absolute Gasteiger partial charge is 0.459 e. The van der Waals surface area contributed by atoms with E-state index in [2.05, 4.69) is 15.5 Å². The van der Waals surface area contributed by atoms with Crippen molar-refractivity contribution in [2.45, 2.75) is 43.5 Å². The molecular formula is C20H22N4O5S. The molecule has 1 aliphatic rings. The van der Waals surface area contributed by atoms with Gasteiger partial charge in [-0.2, -0.15) is 4.31 Å². The molecule has 0 spiro atoms. The molecule has 9 nitrogen and oxygen atoms in total. The van der Waals surface area contributed by atoms with Crippen LogP contribution in [0.15, 0.2) is 56.4 Å². The van der Waals surface area contributed by atoms with Crippen LogP contribution in [0.25, 0.3) is 11.7 Å². The quantitative estimate of drug-likeness (QED) is 0.635. The van der Waals surface area contributed by atoms with Crippen molar-refractivity contribution in [3.63, 3.8) is 0 Å². The van der Waals surface area contributed by atoms with Gasteiger partial charge in [-0.25, -0.2) is 8.42 Å². The van der Waals surface area contributed by atoms with Crippen LogP contribution in [0.1, 0.15) is 43.0 Å². The van der Waals surface area contributed by atoms with Crippen LogP contribution >= 0.6 is 0 Å². The standard InChI is InChI=1S/C20H22N4O5S/c1-2-15-6-3-4-12-24(15)30(26,27)16-10-8-14(9-11-16)18(25)21-20-23-22-19(29-20)17-7-5-13-28-17/h5,7-11,13,15H,2-4,6,12H2,1H3,(H,21,23,25). The normalized spacial score (nSPS) is 17.7. The minimum Gasteiger partial charge on any atom is -0.459 e. The number of rotatable bonds is 6. The Balaban J connectivity index is 1.47. The number of sulfonamides is 1. The summed E-state index contributed by atoms with van der Waals surface area (Å²) in [7, 11) is -3.60. The molecular weight excluding hydrogens is 408 g/mol. The van der Waals surface area contributed by atoms with Crippen LogP contribution in [0, 0.1) is 0 Å². The number of hydrogen-bond donors (Lipinski definition) is 1. The smallest absolute Gasteiger partial charge is 0.322 e. The van der Waals surface area contributed by atoms with Crippen molar-refractivity contribution in [3.8, 4) is 11.7 Å². The lowest BCUT2D eigenvalue weighted by Gasteiger charge is -2.34. The fraction of sp³-hybridized carbons (Fsp3) is 0.350. The number of anilines is 1. The predicted octanol–water partition coefficient (Wildman–Crippen LogP) is 3.54.